The Morgan fingerprint density at radius 2 is 0.571 bits per heavy atom. The molecule has 10 aromatic rings. The van der Waals surface area contributed by atoms with Gasteiger partial charge < -0.3 is 0 Å². The van der Waals surface area contributed by atoms with Crippen LogP contribution in [0.5, 0.6) is 0 Å². The SMILES string of the molecule is O=S1(=O)c2ccccc2-c2ccccc2-c2ccccc2-c2ccc(-c3nc(-c4ccccc4)nc(-c4cc(-c5ccccc5)cc(-c5ccccc5)c4)n3)cc2-c2ccccc21. The molecule has 63 heavy (non-hydrogen) atoms. The largest absolute Gasteiger partial charge is 0.218 e. The minimum absolute atomic E-state index is 0.222. The van der Waals surface area contributed by atoms with E-state index in [1.165, 1.54) is 0 Å². The van der Waals surface area contributed by atoms with Crippen LogP contribution in [0.15, 0.2) is 234 Å². The van der Waals surface area contributed by atoms with Gasteiger partial charge in [0.25, 0.3) is 0 Å². The molecule has 0 atom stereocenters. The Morgan fingerprint density at radius 3 is 1.06 bits per heavy atom. The van der Waals surface area contributed by atoms with E-state index in [2.05, 4.69) is 66.7 Å². The van der Waals surface area contributed by atoms with Gasteiger partial charge in [0.2, 0.25) is 9.84 Å². The molecule has 0 radical (unpaired) electrons. The summed E-state index contributed by atoms with van der Waals surface area (Å²) in [6.45, 7) is 0. The summed E-state index contributed by atoms with van der Waals surface area (Å²) in [5, 5.41) is 0. The maximum atomic E-state index is 15.1. The van der Waals surface area contributed by atoms with Crippen LogP contribution in [0.3, 0.4) is 0 Å². The van der Waals surface area contributed by atoms with Crippen molar-refractivity contribution in [2.45, 2.75) is 9.79 Å². The Bertz CT molecular complexity index is 3410. The molecule has 9 aromatic carbocycles. The van der Waals surface area contributed by atoms with Crippen LogP contribution in [-0.2, 0) is 9.84 Å². The molecule has 0 spiro atoms. The third kappa shape index (κ3) is 6.93. The molecule has 0 unspecified atom stereocenters. The molecular weight excluding hydrogens is 791 g/mol. The summed E-state index contributed by atoms with van der Waals surface area (Å²) in [7, 11) is -4.05. The summed E-state index contributed by atoms with van der Waals surface area (Å²) in [6.07, 6.45) is 0. The number of rotatable bonds is 5. The molecule has 0 aliphatic carbocycles. The summed E-state index contributed by atoms with van der Waals surface area (Å²) in [6, 6.07) is 74.2. The van der Waals surface area contributed by atoms with Gasteiger partial charge in [0.1, 0.15) is 0 Å². The first-order valence-corrected chi connectivity index (χ1v) is 22.3. The minimum atomic E-state index is -4.05. The highest BCUT2D eigenvalue weighted by Gasteiger charge is 2.29. The smallest absolute Gasteiger partial charge is 0.207 e. The first-order chi connectivity index (χ1) is 31.0. The van der Waals surface area contributed by atoms with Crippen molar-refractivity contribution in [3.05, 3.63) is 224 Å². The van der Waals surface area contributed by atoms with E-state index in [1.54, 1.807) is 24.3 Å². The van der Waals surface area contributed by atoms with Gasteiger partial charge in [-0.05, 0) is 92.0 Å². The zero-order chi connectivity index (χ0) is 42.3. The molecular formula is C57H37N3O2S. The summed E-state index contributed by atoms with van der Waals surface area (Å²) in [5.74, 6) is 1.51. The number of aromatic nitrogens is 3. The van der Waals surface area contributed by atoms with Crippen LogP contribution in [-0.4, -0.2) is 23.4 Å². The number of nitrogens with zero attached hydrogens (tertiary/aromatic N) is 3. The standard InChI is InChI=1S/C57H37N3O2S/c61-63(62)53-30-16-14-28-50(53)48-27-13-12-25-46(48)45-24-10-11-26-47(45)49-33-32-41(37-52(49)51-29-15-17-31-54(51)63)56-58-55(40-22-8-3-9-23-40)59-57(60-56)44-35-42(38-18-4-1-5-19-38)34-43(36-44)39-20-6-2-7-21-39/h1-37H. The maximum absolute atomic E-state index is 15.1. The Labute approximate surface area is 366 Å². The molecule has 0 saturated carbocycles. The lowest BCUT2D eigenvalue weighted by Gasteiger charge is -2.18. The molecule has 5 nitrogen and oxygen atoms in total. The predicted octanol–water partition coefficient (Wildman–Crippen LogP) is 14.0. The van der Waals surface area contributed by atoms with E-state index in [1.807, 2.05) is 133 Å². The second kappa shape index (κ2) is 15.8. The van der Waals surface area contributed by atoms with Crippen LogP contribution >= 0.6 is 0 Å². The average molecular weight is 828 g/mol. The first-order valence-electron chi connectivity index (χ1n) is 20.8. The average Bonchev–Trinajstić information content (AvgIpc) is 3.37. The number of benzene rings is 9. The molecule has 6 heteroatoms. The van der Waals surface area contributed by atoms with Gasteiger partial charge in [0, 0.05) is 27.8 Å². The van der Waals surface area contributed by atoms with Crippen LogP contribution in [0.4, 0.5) is 0 Å². The number of hydrogen-bond acceptors (Lipinski definition) is 5. The minimum Gasteiger partial charge on any atom is -0.218 e. The third-order valence-corrected chi connectivity index (χ3v) is 13.6. The van der Waals surface area contributed by atoms with Gasteiger partial charge in [-0.2, -0.15) is 0 Å². The quantitative estimate of drug-likeness (QED) is 0.173. The van der Waals surface area contributed by atoms with Crippen LogP contribution in [0.25, 0.3) is 101 Å². The number of hydrogen-bond donors (Lipinski definition) is 0. The monoisotopic (exact) mass is 827 g/mol. The highest BCUT2D eigenvalue weighted by atomic mass is 32.2. The lowest BCUT2D eigenvalue weighted by molar-refractivity contribution is 0.596. The van der Waals surface area contributed by atoms with Crippen molar-refractivity contribution >= 4 is 9.84 Å². The Kier molecular flexibility index (Phi) is 9.48. The molecule has 0 bridgehead atoms. The normalized spacial score (nSPS) is 12.4. The van der Waals surface area contributed by atoms with Gasteiger partial charge in [-0.3, -0.25) is 0 Å². The molecule has 2 heterocycles. The van der Waals surface area contributed by atoms with Crippen molar-refractivity contribution in [3.63, 3.8) is 0 Å². The van der Waals surface area contributed by atoms with Crippen molar-refractivity contribution in [1.82, 2.24) is 15.0 Å². The molecule has 1 aliphatic heterocycles. The van der Waals surface area contributed by atoms with Crippen molar-refractivity contribution in [3.8, 4) is 101 Å². The predicted molar refractivity (Wildman–Crippen MR) is 254 cm³/mol. The Balaban J connectivity index is 1.18. The third-order valence-electron chi connectivity index (χ3n) is 11.7. The van der Waals surface area contributed by atoms with Crippen molar-refractivity contribution < 1.29 is 8.42 Å². The fraction of sp³-hybridized carbons (Fsp3) is 0. The van der Waals surface area contributed by atoms with E-state index in [0.717, 1.165) is 72.3 Å². The maximum Gasteiger partial charge on any atom is 0.207 e. The molecule has 0 saturated heterocycles. The van der Waals surface area contributed by atoms with E-state index in [4.69, 9.17) is 15.0 Å². The van der Waals surface area contributed by atoms with Gasteiger partial charge in [0.05, 0.1) is 9.79 Å². The van der Waals surface area contributed by atoms with Gasteiger partial charge in [-0.25, -0.2) is 23.4 Å². The van der Waals surface area contributed by atoms with Crippen molar-refractivity contribution in [2.75, 3.05) is 0 Å². The van der Waals surface area contributed by atoms with E-state index < -0.39 is 9.84 Å². The zero-order valence-corrected chi connectivity index (χ0v) is 34.7. The van der Waals surface area contributed by atoms with Crippen molar-refractivity contribution in [1.29, 1.82) is 0 Å². The molecule has 1 aliphatic rings. The lowest BCUT2D eigenvalue weighted by atomic mass is 9.86. The second-order valence-corrected chi connectivity index (χ2v) is 17.4. The molecule has 1 aromatic heterocycles. The van der Waals surface area contributed by atoms with Crippen LogP contribution < -0.4 is 0 Å². The van der Waals surface area contributed by atoms with E-state index in [0.29, 0.717) is 28.6 Å². The van der Waals surface area contributed by atoms with Gasteiger partial charge in [0.15, 0.2) is 17.5 Å². The summed E-state index contributed by atoms with van der Waals surface area (Å²) in [4.78, 5) is 16.0. The summed E-state index contributed by atoms with van der Waals surface area (Å²) >= 11 is 0. The first kappa shape index (κ1) is 37.9. The number of sulfone groups is 1. The van der Waals surface area contributed by atoms with Crippen LogP contribution in [0, 0.1) is 0 Å². The molecule has 0 N–H and O–H groups in total. The van der Waals surface area contributed by atoms with E-state index >= 15 is 8.42 Å². The highest BCUT2D eigenvalue weighted by Crippen LogP contribution is 2.47. The van der Waals surface area contributed by atoms with Crippen LogP contribution in [0.1, 0.15) is 0 Å². The topological polar surface area (TPSA) is 72.8 Å². The Hall–Kier alpha value is -8.06. The number of fused-ring (bicyclic) bond motifs is 9. The molecule has 0 amide bonds. The van der Waals surface area contributed by atoms with E-state index in [-0.39, 0.29) is 9.79 Å². The second-order valence-electron chi connectivity index (χ2n) is 15.6. The fourth-order valence-corrected chi connectivity index (χ4v) is 10.4. The van der Waals surface area contributed by atoms with Crippen LogP contribution in [0.2, 0.25) is 0 Å². The van der Waals surface area contributed by atoms with E-state index in [9.17, 15) is 0 Å². The molecule has 0 fully saturated rings. The summed E-state index contributed by atoms with van der Waals surface area (Å²) < 4.78 is 30.2. The van der Waals surface area contributed by atoms with Crippen molar-refractivity contribution in [2.24, 2.45) is 0 Å². The van der Waals surface area contributed by atoms with Gasteiger partial charge in [-0.1, -0.05) is 188 Å². The molecule has 11 rings (SSSR count). The Morgan fingerprint density at radius 1 is 0.238 bits per heavy atom. The fourth-order valence-electron chi connectivity index (χ4n) is 8.71. The van der Waals surface area contributed by atoms with Gasteiger partial charge in [-0.15, -0.1) is 0 Å². The summed E-state index contributed by atoms with van der Waals surface area (Å²) in [5.41, 5.74) is 13.3. The highest BCUT2D eigenvalue weighted by molar-refractivity contribution is 7.91. The lowest BCUT2D eigenvalue weighted by Crippen LogP contribution is -2.06. The van der Waals surface area contributed by atoms with Gasteiger partial charge >= 0.3 is 0 Å². The zero-order valence-electron chi connectivity index (χ0n) is 33.9. The molecule has 298 valence electrons.